The molecule has 1 aliphatic carbocycles. The van der Waals surface area contributed by atoms with Crippen LogP contribution in [-0.4, -0.2) is 19.1 Å². The number of benzene rings is 5. The average molecular weight is 573 g/mol. The second kappa shape index (κ2) is 14.2. The Bertz CT molecular complexity index is 1820. The summed E-state index contributed by atoms with van der Waals surface area (Å²) in [5.41, 5.74) is 9.99. The smallest absolute Gasteiger partial charge is 0.156 e. The quantitative estimate of drug-likeness (QED) is 0.136. The Kier molecular flexibility index (Phi) is 9.31. The van der Waals surface area contributed by atoms with Crippen LogP contribution in [0.4, 0.5) is 11.4 Å². The van der Waals surface area contributed by atoms with E-state index in [2.05, 4.69) is 138 Å². The van der Waals surface area contributed by atoms with Gasteiger partial charge in [0.1, 0.15) is 6.17 Å². The number of aliphatic imine (C=N–C) groups is 2. The molecule has 0 spiro atoms. The molecular formula is C40H36N4. The molecule has 1 atom stereocenters. The van der Waals surface area contributed by atoms with E-state index in [0.29, 0.717) is 5.84 Å². The Morgan fingerprint density at radius 1 is 0.750 bits per heavy atom. The van der Waals surface area contributed by atoms with Crippen LogP contribution < -0.4 is 10.6 Å². The van der Waals surface area contributed by atoms with Crippen LogP contribution in [0.3, 0.4) is 0 Å². The van der Waals surface area contributed by atoms with Gasteiger partial charge in [-0.15, -0.1) is 0 Å². The second-order valence-electron chi connectivity index (χ2n) is 10.7. The molecule has 0 saturated heterocycles. The largest absolute Gasteiger partial charge is 0.355 e. The van der Waals surface area contributed by atoms with Crippen LogP contribution in [0.15, 0.2) is 162 Å². The van der Waals surface area contributed by atoms with Gasteiger partial charge in [-0.3, -0.25) is 5.32 Å². The van der Waals surface area contributed by atoms with Gasteiger partial charge in [0.15, 0.2) is 5.84 Å². The molecule has 4 nitrogen and oxygen atoms in total. The molecule has 0 bridgehead atoms. The SMILES string of the molecule is CNC(N=C(N=Cc1cccc(-c2ccccc2)c1)c1cccc(Nc2ccccc2C2=CC=CCC2)c1)c1ccccc1. The highest BCUT2D eigenvalue weighted by atomic mass is 15.1. The van der Waals surface area contributed by atoms with E-state index in [1.165, 1.54) is 16.7 Å². The van der Waals surface area contributed by atoms with Gasteiger partial charge >= 0.3 is 0 Å². The van der Waals surface area contributed by atoms with E-state index >= 15 is 0 Å². The highest BCUT2D eigenvalue weighted by Crippen LogP contribution is 2.31. The van der Waals surface area contributed by atoms with Crippen LogP contribution in [0.1, 0.15) is 41.3 Å². The lowest BCUT2D eigenvalue weighted by Gasteiger charge is -2.17. The third kappa shape index (κ3) is 7.17. The van der Waals surface area contributed by atoms with Crippen molar-refractivity contribution in [3.05, 3.63) is 174 Å². The number of nitrogens with one attached hydrogen (secondary N) is 2. The van der Waals surface area contributed by atoms with Crippen molar-refractivity contribution in [2.75, 3.05) is 12.4 Å². The van der Waals surface area contributed by atoms with Crippen LogP contribution >= 0.6 is 0 Å². The van der Waals surface area contributed by atoms with Crippen LogP contribution in [0.5, 0.6) is 0 Å². The first-order chi connectivity index (χ1) is 21.8. The maximum atomic E-state index is 5.13. The zero-order valence-electron chi connectivity index (χ0n) is 24.9. The van der Waals surface area contributed by atoms with Crippen molar-refractivity contribution in [3.63, 3.8) is 0 Å². The van der Waals surface area contributed by atoms with Crippen molar-refractivity contribution in [2.24, 2.45) is 9.98 Å². The minimum absolute atomic E-state index is 0.248. The van der Waals surface area contributed by atoms with E-state index in [0.717, 1.165) is 46.5 Å². The first-order valence-electron chi connectivity index (χ1n) is 15.1. The van der Waals surface area contributed by atoms with Gasteiger partial charge in [-0.05, 0) is 72.0 Å². The highest BCUT2D eigenvalue weighted by Gasteiger charge is 2.13. The third-order valence-corrected chi connectivity index (χ3v) is 7.66. The summed E-state index contributed by atoms with van der Waals surface area (Å²) in [5.74, 6) is 0.648. The number of amidine groups is 1. The summed E-state index contributed by atoms with van der Waals surface area (Å²) in [5, 5.41) is 7.03. The molecule has 0 fully saturated rings. The van der Waals surface area contributed by atoms with Crippen molar-refractivity contribution in [3.8, 4) is 11.1 Å². The summed E-state index contributed by atoms with van der Waals surface area (Å²) in [7, 11) is 1.93. The van der Waals surface area contributed by atoms with Gasteiger partial charge in [-0.25, -0.2) is 9.98 Å². The Balaban J connectivity index is 1.35. The predicted octanol–water partition coefficient (Wildman–Crippen LogP) is 9.61. The Morgan fingerprint density at radius 2 is 1.50 bits per heavy atom. The summed E-state index contributed by atoms with van der Waals surface area (Å²) in [6, 6.07) is 45.9. The molecule has 0 radical (unpaired) electrons. The molecule has 2 N–H and O–H groups in total. The van der Waals surface area contributed by atoms with Crippen molar-refractivity contribution < 1.29 is 0 Å². The molecule has 1 aliphatic rings. The summed E-state index contributed by atoms with van der Waals surface area (Å²) in [6.45, 7) is 0. The number of hydrogen-bond donors (Lipinski definition) is 2. The maximum absolute atomic E-state index is 5.13. The number of hydrogen-bond acceptors (Lipinski definition) is 3. The number of nitrogens with zero attached hydrogens (tertiary/aromatic N) is 2. The fourth-order valence-corrected chi connectivity index (χ4v) is 5.40. The van der Waals surface area contributed by atoms with Crippen molar-refractivity contribution in [2.45, 2.75) is 19.0 Å². The van der Waals surface area contributed by atoms with Crippen molar-refractivity contribution in [1.82, 2.24) is 5.32 Å². The van der Waals surface area contributed by atoms with E-state index < -0.39 is 0 Å². The molecule has 44 heavy (non-hydrogen) atoms. The van der Waals surface area contributed by atoms with E-state index in [-0.39, 0.29) is 6.17 Å². The van der Waals surface area contributed by atoms with Crippen LogP contribution in [0.2, 0.25) is 0 Å². The normalized spacial score (nSPS) is 13.9. The zero-order chi connectivity index (χ0) is 30.0. The maximum Gasteiger partial charge on any atom is 0.156 e. The molecule has 0 amide bonds. The van der Waals surface area contributed by atoms with Crippen LogP contribution in [0.25, 0.3) is 16.7 Å². The van der Waals surface area contributed by atoms with E-state index in [1.807, 2.05) is 37.5 Å². The number of rotatable bonds is 9. The van der Waals surface area contributed by atoms with E-state index in [4.69, 9.17) is 9.98 Å². The van der Waals surface area contributed by atoms with Crippen molar-refractivity contribution in [1.29, 1.82) is 0 Å². The monoisotopic (exact) mass is 572 g/mol. The van der Waals surface area contributed by atoms with Gasteiger partial charge in [0.2, 0.25) is 0 Å². The first-order valence-corrected chi connectivity index (χ1v) is 15.1. The van der Waals surface area contributed by atoms with Gasteiger partial charge in [0, 0.05) is 28.7 Å². The number of anilines is 2. The second-order valence-corrected chi connectivity index (χ2v) is 10.7. The standard InChI is InChI=1S/C40H36N4/c1-41-39(33-20-9-4-10-21-33)44-40(42-29-30-15-13-22-34(27-30)31-16-5-2-6-17-31)35-23-14-24-36(28-35)43-38-26-12-11-25-37(38)32-18-7-3-8-19-32/h2-7,9-18,20-29,39,41,43H,8,19H2,1H3. The molecule has 0 saturated carbocycles. The molecule has 5 aromatic carbocycles. The lowest BCUT2D eigenvalue weighted by molar-refractivity contribution is 0.625. The summed E-state index contributed by atoms with van der Waals surface area (Å²) in [4.78, 5) is 10.1. The van der Waals surface area contributed by atoms with Gasteiger partial charge < -0.3 is 5.32 Å². The molecule has 0 aliphatic heterocycles. The molecule has 0 aromatic heterocycles. The molecule has 1 unspecified atom stereocenters. The summed E-state index contributed by atoms with van der Waals surface area (Å²) in [6.07, 6.45) is 10.3. The molecule has 6 rings (SSSR count). The number of para-hydroxylation sites is 1. The van der Waals surface area contributed by atoms with Crippen molar-refractivity contribution >= 4 is 29.0 Å². The van der Waals surface area contributed by atoms with Gasteiger partial charge in [0.05, 0.1) is 0 Å². The lowest BCUT2D eigenvalue weighted by Crippen LogP contribution is -2.16. The topological polar surface area (TPSA) is 48.8 Å². The minimum Gasteiger partial charge on any atom is -0.355 e. The number of allylic oxidation sites excluding steroid dienone is 4. The van der Waals surface area contributed by atoms with E-state index in [9.17, 15) is 0 Å². The Morgan fingerprint density at radius 3 is 2.30 bits per heavy atom. The fraction of sp³-hybridized carbons (Fsp3) is 0.100. The lowest BCUT2D eigenvalue weighted by atomic mass is 9.96. The van der Waals surface area contributed by atoms with E-state index in [1.54, 1.807) is 0 Å². The minimum atomic E-state index is -0.248. The zero-order valence-corrected chi connectivity index (χ0v) is 24.9. The van der Waals surface area contributed by atoms with Crippen LogP contribution in [0, 0.1) is 0 Å². The molecule has 0 heterocycles. The molecule has 4 heteroatoms. The summed E-state index contributed by atoms with van der Waals surface area (Å²) >= 11 is 0. The Hall–Kier alpha value is -5.32. The average Bonchev–Trinajstić information content (AvgIpc) is 3.10. The molecule has 5 aromatic rings. The van der Waals surface area contributed by atoms with Gasteiger partial charge in [-0.1, -0.05) is 127 Å². The highest BCUT2D eigenvalue weighted by molar-refractivity contribution is 6.06. The molecular weight excluding hydrogens is 536 g/mol. The van der Waals surface area contributed by atoms with Gasteiger partial charge in [0.25, 0.3) is 0 Å². The van der Waals surface area contributed by atoms with Crippen LogP contribution in [-0.2, 0) is 0 Å². The summed E-state index contributed by atoms with van der Waals surface area (Å²) < 4.78 is 0. The first kappa shape index (κ1) is 28.8. The third-order valence-electron chi connectivity index (χ3n) is 7.66. The predicted molar refractivity (Wildman–Crippen MR) is 187 cm³/mol. The Labute approximate surface area is 260 Å². The molecule has 216 valence electrons. The van der Waals surface area contributed by atoms with Gasteiger partial charge in [-0.2, -0.15) is 0 Å². The fourth-order valence-electron chi connectivity index (χ4n) is 5.40.